The van der Waals surface area contributed by atoms with E-state index in [9.17, 15) is 4.79 Å². The Balaban J connectivity index is 1.85. The van der Waals surface area contributed by atoms with Crippen molar-refractivity contribution in [2.75, 3.05) is 18.6 Å². The quantitative estimate of drug-likeness (QED) is 0.783. The van der Waals surface area contributed by atoms with Crippen LogP contribution in [-0.2, 0) is 17.7 Å². The number of nitrogens with zero attached hydrogens (tertiary/aromatic N) is 3. The van der Waals surface area contributed by atoms with E-state index in [1.54, 1.807) is 17.5 Å². The maximum absolute atomic E-state index is 11.5. The first-order chi connectivity index (χ1) is 9.28. The van der Waals surface area contributed by atoms with Crippen LogP contribution in [0, 0.1) is 0 Å². The number of aromatic nitrogens is 2. The van der Waals surface area contributed by atoms with Crippen LogP contribution in [0.5, 0.6) is 0 Å². The molecule has 6 heteroatoms. The minimum Gasteiger partial charge on any atom is -0.464 e. The molecule has 0 saturated carbocycles. The summed E-state index contributed by atoms with van der Waals surface area (Å²) in [6.45, 7) is 1.71. The first kappa shape index (κ1) is 12.1. The Labute approximate surface area is 114 Å². The molecule has 1 aliphatic heterocycles. The summed E-state index contributed by atoms with van der Waals surface area (Å²) >= 11 is 1.80. The smallest absolute Gasteiger partial charge is 0.358 e. The van der Waals surface area contributed by atoms with Gasteiger partial charge in [0.25, 0.3) is 0 Å². The number of esters is 1. The van der Waals surface area contributed by atoms with Gasteiger partial charge >= 0.3 is 5.97 Å². The van der Waals surface area contributed by atoms with E-state index in [1.807, 2.05) is 0 Å². The normalized spacial score (nSPS) is 14.1. The molecule has 2 aromatic heterocycles. The molecule has 2 aromatic rings. The van der Waals surface area contributed by atoms with Gasteiger partial charge in [-0.1, -0.05) is 0 Å². The zero-order valence-corrected chi connectivity index (χ0v) is 11.3. The molecule has 0 unspecified atom stereocenters. The summed E-state index contributed by atoms with van der Waals surface area (Å²) in [6.07, 6.45) is 4.12. The largest absolute Gasteiger partial charge is 0.464 e. The summed E-state index contributed by atoms with van der Waals surface area (Å²) in [6, 6.07) is 2.14. The number of methoxy groups -OCH3 is 1. The number of rotatable bonds is 2. The monoisotopic (exact) mass is 275 g/mol. The summed E-state index contributed by atoms with van der Waals surface area (Å²) in [5, 5.41) is 2.12. The van der Waals surface area contributed by atoms with Gasteiger partial charge in [0, 0.05) is 18.0 Å². The predicted octanol–water partition coefficient (Wildman–Crippen LogP) is 1.89. The minimum atomic E-state index is -0.456. The number of fused-ring (bicyclic) bond motifs is 1. The van der Waals surface area contributed by atoms with Gasteiger partial charge in [-0.3, -0.25) is 4.98 Å². The van der Waals surface area contributed by atoms with Gasteiger partial charge in [0.15, 0.2) is 5.69 Å². The summed E-state index contributed by atoms with van der Waals surface area (Å²) < 4.78 is 4.66. The van der Waals surface area contributed by atoms with Crippen molar-refractivity contribution in [1.29, 1.82) is 0 Å². The molecule has 19 heavy (non-hydrogen) atoms. The summed E-state index contributed by atoms with van der Waals surface area (Å²) in [5.41, 5.74) is 1.58. The van der Waals surface area contributed by atoms with Crippen LogP contribution < -0.4 is 4.90 Å². The second kappa shape index (κ2) is 4.97. The third-order valence-electron chi connectivity index (χ3n) is 3.15. The van der Waals surface area contributed by atoms with Crippen LogP contribution in [0.2, 0.25) is 0 Å². The maximum Gasteiger partial charge on any atom is 0.358 e. The van der Waals surface area contributed by atoms with Crippen molar-refractivity contribution in [3.8, 4) is 0 Å². The van der Waals surface area contributed by atoms with Gasteiger partial charge in [0.05, 0.1) is 19.5 Å². The number of carbonyl (C=O) groups excluding carboxylic acids is 1. The first-order valence-electron chi connectivity index (χ1n) is 5.98. The van der Waals surface area contributed by atoms with Gasteiger partial charge in [-0.25, -0.2) is 9.78 Å². The number of carbonyl (C=O) groups is 1. The fourth-order valence-electron chi connectivity index (χ4n) is 2.15. The molecule has 0 fully saturated rings. The number of hydrogen-bond donors (Lipinski definition) is 0. The van der Waals surface area contributed by atoms with E-state index >= 15 is 0 Å². The standard InChI is InChI=1S/C13H13N3O2S/c1-18-13(17)10-6-14-7-12(15-10)16-4-2-11-9(8-16)3-5-19-11/h3,5-7H,2,4,8H2,1H3. The molecular weight excluding hydrogens is 262 g/mol. The Morgan fingerprint density at radius 3 is 3.21 bits per heavy atom. The highest BCUT2D eigenvalue weighted by Crippen LogP contribution is 2.26. The average molecular weight is 275 g/mol. The van der Waals surface area contributed by atoms with Crippen molar-refractivity contribution in [1.82, 2.24) is 9.97 Å². The lowest BCUT2D eigenvalue weighted by atomic mass is 10.1. The molecule has 0 spiro atoms. The van der Waals surface area contributed by atoms with Crippen molar-refractivity contribution >= 4 is 23.1 Å². The molecular formula is C13H13N3O2S. The van der Waals surface area contributed by atoms with Crippen LogP contribution >= 0.6 is 11.3 Å². The second-order valence-electron chi connectivity index (χ2n) is 4.29. The molecule has 5 nitrogen and oxygen atoms in total. The van der Waals surface area contributed by atoms with E-state index in [1.165, 1.54) is 23.7 Å². The Morgan fingerprint density at radius 2 is 2.37 bits per heavy atom. The van der Waals surface area contributed by atoms with Gasteiger partial charge < -0.3 is 9.64 Å². The summed E-state index contributed by atoms with van der Waals surface area (Å²) in [7, 11) is 1.34. The summed E-state index contributed by atoms with van der Waals surface area (Å²) in [5.74, 6) is 0.266. The molecule has 98 valence electrons. The van der Waals surface area contributed by atoms with Gasteiger partial charge in [-0.2, -0.15) is 0 Å². The highest BCUT2D eigenvalue weighted by Gasteiger charge is 2.19. The summed E-state index contributed by atoms with van der Waals surface area (Å²) in [4.78, 5) is 23.4. The van der Waals surface area contributed by atoms with E-state index in [2.05, 4.69) is 31.1 Å². The lowest BCUT2D eigenvalue weighted by molar-refractivity contribution is 0.0593. The van der Waals surface area contributed by atoms with E-state index < -0.39 is 5.97 Å². The van der Waals surface area contributed by atoms with Crippen LogP contribution in [-0.4, -0.2) is 29.6 Å². The molecule has 1 aliphatic rings. The van der Waals surface area contributed by atoms with E-state index in [4.69, 9.17) is 0 Å². The Kier molecular flexibility index (Phi) is 3.16. The molecule has 3 rings (SSSR count). The van der Waals surface area contributed by atoms with Crippen LogP contribution in [0.3, 0.4) is 0 Å². The zero-order valence-electron chi connectivity index (χ0n) is 10.5. The average Bonchev–Trinajstić information content (AvgIpc) is 2.94. The topological polar surface area (TPSA) is 55.3 Å². The highest BCUT2D eigenvalue weighted by molar-refractivity contribution is 7.10. The van der Waals surface area contributed by atoms with E-state index in [-0.39, 0.29) is 5.69 Å². The molecule has 0 bridgehead atoms. The van der Waals surface area contributed by atoms with Crippen molar-refractivity contribution in [2.45, 2.75) is 13.0 Å². The zero-order chi connectivity index (χ0) is 13.2. The molecule has 0 aliphatic carbocycles. The molecule has 0 amide bonds. The van der Waals surface area contributed by atoms with E-state index in [0.29, 0.717) is 0 Å². The molecule has 0 atom stereocenters. The molecule has 0 aromatic carbocycles. The molecule has 0 N–H and O–H groups in total. The third-order valence-corrected chi connectivity index (χ3v) is 4.17. The van der Waals surface area contributed by atoms with Gasteiger partial charge in [0.2, 0.25) is 0 Å². The van der Waals surface area contributed by atoms with Crippen molar-refractivity contribution in [2.24, 2.45) is 0 Å². The third kappa shape index (κ3) is 2.31. The van der Waals surface area contributed by atoms with Crippen molar-refractivity contribution in [3.63, 3.8) is 0 Å². The molecule has 3 heterocycles. The molecule has 0 radical (unpaired) electrons. The minimum absolute atomic E-state index is 0.246. The fourth-order valence-corrected chi connectivity index (χ4v) is 3.04. The van der Waals surface area contributed by atoms with Crippen LogP contribution in [0.4, 0.5) is 5.82 Å². The lowest BCUT2D eigenvalue weighted by Crippen LogP contribution is -2.30. The lowest BCUT2D eigenvalue weighted by Gasteiger charge is -2.27. The Bertz CT molecular complexity index is 611. The van der Waals surface area contributed by atoms with Crippen LogP contribution in [0.25, 0.3) is 0 Å². The van der Waals surface area contributed by atoms with Gasteiger partial charge in [-0.05, 0) is 23.4 Å². The van der Waals surface area contributed by atoms with Gasteiger partial charge in [-0.15, -0.1) is 11.3 Å². The van der Waals surface area contributed by atoms with Crippen molar-refractivity contribution in [3.05, 3.63) is 40.0 Å². The first-order valence-corrected chi connectivity index (χ1v) is 6.86. The maximum atomic E-state index is 11.5. The predicted molar refractivity (Wildman–Crippen MR) is 72.4 cm³/mol. The number of ether oxygens (including phenoxy) is 1. The second-order valence-corrected chi connectivity index (χ2v) is 5.30. The fraction of sp³-hybridized carbons (Fsp3) is 0.308. The Hall–Kier alpha value is -1.95. The van der Waals surface area contributed by atoms with Gasteiger partial charge in [0.1, 0.15) is 5.82 Å². The van der Waals surface area contributed by atoms with E-state index in [0.717, 1.165) is 25.3 Å². The number of anilines is 1. The number of thiophene rings is 1. The van der Waals surface area contributed by atoms with Crippen LogP contribution in [0.1, 0.15) is 20.9 Å². The highest BCUT2D eigenvalue weighted by atomic mass is 32.1. The number of hydrogen-bond acceptors (Lipinski definition) is 6. The Morgan fingerprint density at radius 1 is 1.47 bits per heavy atom. The molecule has 0 saturated heterocycles. The SMILES string of the molecule is COC(=O)c1cncc(N2CCc3sccc3C2)n1. The van der Waals surface area contributed by atoms with Crippen molar-refractivity contribution < 1.29 is 9.53 Å². The van der Waals surface area contributed by atoms with Crippen LogP contribution in [0.15, 0.2) is 23.8 Å².